The molecule has 1 aliphatic rings. The summed E-state index contributed by atoms with van der Waals surface area (Å²) in [5, 5.41) is 16.1. The number of anilines is 1. The summed E-state index contributed by atoms with van der Waals surface area (Å²) in [6.45, 7) is 12.1. The van der Waals surface area contributed by atoms with Crippen molar-refractivity contribution in [3.05, 3.63) is 53.1 Å². The van der Waals surface area contributed by atoms with Crippen LogP contribution in [0.3, 0.4) is 0 Å². The van der Waals surface area contributed by atoms with E-state index < -0.39 is 5.91 Å². The van der Waals surface area contributed by atoms with Crippen LogP contribution in [0.25, 0.3) is 11.3 Å². The molecule has 0 aliphatic carbocycles. The van der Waals surface area contributed by atoms with Crippen LogP contribution in [0.1, 0.15) is 95.5 Å². The summed E-state index contributed by atoms with van der Waals surface area (Å²) >= 11 is 1.53. The molecular formula is C30H37N7OS. The lowest BCUT2D eigenvalue weighted by atomic mass is 9.98. The second kappa shape index (κ2) is 12.9. The van der Waals surface area contributed by atoms with Crippen molar-refractivity contribution < 1.29 is 4.79 Å². The van der Waals surface area contributed by atoms with Crippen LogP contribution in [-0.4, -0.2) is 44.5 Å². The molecule has 0 fully saturated rings. The molecule has 0 amide bonds. The number of rotatable bonds is 12. The first kappa shape index (κ1) is 28.4. The Hall–Kier alpha value is -3.64. The van der Waals surface area contributed by atoms with E-state index in [9.17, 15) is 10.1 Å². The lowest BCUT2D eigenvalue weighted by molar-refractivity contribution is 0.0941. The van der Waals surface area contributed by atoms with E-state index in [0.717, 1.165) is 73.0 Å². The van der Waals surface area contributed by atoms with Crippen LogP contribution in [-0.2, 0) is 0 Å². The smallest absolute Gasteiger partial charge is 0.291 e. The van der Waals surface area contributed by atoms with E-state index in [4.69, 9.17) is 15.0 Å². The molecule has 3 aromatic rings. The average molecular weight is 544 g/mol. The van der Waals surface area contributed by atoms with E-state index in [1.165, 1.54) is 16.0 Å². The largest absolute Gasteiger partial charge is 0.348 e. The molecule has 2 aromatic heterocycles. The standard InChI is InChI=1S/C30H37N7OS/c1-6-10-15-21(8-3)26-34-27-24(20(5)23(19-31)29(38)37(27)35-26)32-28-25(22-16-13-12-14-17-22)33-30(39-28)36(9-4)18-11-7-2/h12-14,16-17,21H,6-11,15,18H2,1-5H3. The van der Waals surface area contributed by atoms with E-state index in [1.807, 2.05) is 30.3 Å². The molecule has 0 saturated carbocycles. The van der Waals surface area contributed by atoms with Crippen molar-refractivity contribution in [3.63, 3.8) is 0 Å². The number of carbonyl (C=O) groups is 1. The zero-order valence-corrected chi connectivity index (χ0v) is 24.4. The van der Waals surface area contributed by atoms with Gasteiger partial charge in [-0.3, -0.25) is 4.79 Å². The van der Waals surface area contributed by atoms with Crippen LogP contribution in [0, 0.1) is 11.3 Å². The van der Waals surface area contributed by atoms with Crippen molar-refractivity contribution in [1.82, 2.24) is 19.7 Å². The van der Waals surface area contributed by atoms with Gasteiger partial charge in [0.2, 0.25) is 0 Å². The Morgan fingerprint density at radius 2 is 1.85 bits per heavy atom. The average Bonchev–Trinajstić information content (AvgIpc) is 3.58. The van der Waals surface area contributed by atoms with Gasteiger partial charge in [0, 0.05) is 30.1 Å². The number of carbonyl (C=O) groups excluding carboxylic acids is 1. The molecule has 1 atom stereocenters. The van der Waals surface area contributed by atoms with E-state index >= 15 is 0 Å². The number of aromatic nitrogens is 4. The minimum atomic E-state index is -0.446. The first-order valence-corrected chi connectivity index (χ1v) is 14.8. The molecule has 1 aromatic carbocycles. The van der Waals surface area contributed by atoms with Gasteiger partial charge < -0.3 is 4.90 Å². The maximum atomic E-state index is 13.2. The third-order valence-corrected chi connectivity index (χ3v) is 8.15. The Morgan fingerprint density at radius 3 is 2.49 bits per heavy atom. The summed E-state index contributed by atoms with van der Waals surface area (Å²) in [5.74, 6) is 0.736. The number of nitriles is 1. The van der Waals surface area contributed by atoms with Crippen molar-refractivity contribution in [1.29, 1.82) is 5.26 Å². The highest BCUT2D eigenvalue weighted by atomic mass is 32.1. The van der Waals surface area contributed by atoms with Gasteiger partial charge in [-0.2, -0.15) is 9.94 Å². The fourth-order valence-electron chi connectivity index (χ4n) is 4.72. The molecule has 39 heavy (non-hydrogen) atoms. The maximum absolute atomic E-state index is 13.2. The van der Waals surface area contributed by atoms with Crippen molar-refractivity contribution in [2.24, 2.45) is 4.99 Å². The van der Waals surface area contributed by atoms with Crippen LogP contribution in [0.15, 0.2) is 46.5 Å². The number of allylic oxidation sites excluding steroid dienone is 2. The Labute approximate surface area is 235 Å². The number of thiazole rings is 1. The second-order valence-electron chi connectivity index (χ2n) is 9.78. The molecule has 0 N–H and O–H groups in total. The van der Waals surface area contributed by atoms with Gasteiger partial charge in [-0.1, -0.05) is 81.7 Å². The molecular weight excluding hydrogens is 506 g/mol. The Balaban J connectivity index is 1.89. The van der Waals surface area contributed by atoms with Gasteiger partial charge in [0.25, 0.3) is 5.91 Å². The van der Waals surface area contributed by atoms with E-state index in [0.29, 0.717) is 22.9 Å². The predicted octanol–water partition coefficient (Wildman–Crippen LogP) is 7.33. The van der Waals surface area contributed by atoms with Crippen molar-refractivity contribution in [2.75, 3.05) is 18.0 Å². The molecule has 0 bridgehead atoms. The number of aliphatic imine (C=N–C) groups is 1. The van der Waals surface area contributed by atoms with E-state index in [2.05, 4.69) is 43.8 Å². The van der Waals surface area contributed by atoms with Crippen LogP contribution in [0.5, 0.6) is 0 Å². The van der Waals surface area contributed by atoms with Crippen LogP contribution in [0.2, 0.25) is 0 Å². The number of hydrogen-bond acceptors (Lipinski definition) is 8. The molecule has 3 heterocycles. The van der Waals surface area contributed by atoms with Gasteiger partial charge in [-0.25, -0.2) is 15.0 Å². The molecule has 204 valence electrons. The minimum Gasteiger partial charge on any atom is -0.348 e. The van der Waals surface area contributed by atoms with Gasteiger partial charge >= 0.3 is 0 Å². The fourth-order valence-corrected chi connectivity index (χ4v) is 5.77. The molecule has 1 unspecified atom stereocenters. The van der Waals surface area contributed by atoms with Crippen LogP contribution < -0.4 is 4.90 Å². The first-order valence-electron chi connectivity index (χ1n) is 14.0. The predicted molar refractivity (Wildman–Crippen MR) is 158 cm³/mol. The zero-order chi connectivity index (χ0) is 27.9. The third kappa shape index (κ3) is 5.86. The highest BCUT2D eigenvalue weighted by Gasteiger charge is 2.34. The van der Waals surface area contributed by atoms with Gasteiger partial charge in [-0.15, -0.1) is 5.10 Å². The molecule has 0 radical (unpaired) electrons. The molecule has 0 spiro atoms. The topological polar surface area (TPSA) is 100 Å². The van der Waals surface area contributed by atoms with Gasteiger partial charge in [0.15, 0.2) is 16.8 Å². The number of unbranched alkanes of at least 4 members (excludes halogenated alkanes) is 2. The van der Waals surface area contributed by atoms with Gasteiger partial charge in [0.1, 0.15) is 28.0 Å². The molecule has 9 heteroatoms. The van der Waals surface area contributed by atoms with Crippen LogP contribution in [0.4, 0.5) is 10.1 Å². The first-order chi connectivity index (χ1) is 19.0. The SMILES string of the molecule is CCCCC(CC)c1nc2n(n1)C(=O)C(C#N)=C(C)C2=Nc1sc(N(CC)CCCC)nc1-c1ccccc1. The zero-order valence-electron chi connectivity index (χ0n) is 23.6. The van der Waals surface area contributed by atoms with E-state index in [1.54, 1.807) is 6.92 Å². The number of benzene rings is 1. The Kier molecular flexibility index (Phi) is 9.41. The highest BCUT2D eigenvalue weighted by molar-refractivity contribution is 7.19. The van der Waals surface area contributed by atoms with Crippen LogP contribution >= 0.6 is 11.3 Å². The second-order valence-corrected chi connectivity index (χ2v) is 10.7. The lowest BCUT2D eigenvalue weighted by Gasteiger charge is -2.18. The Morgan fingerprint density at radius 1 is 1.10 bits per heavy atom. The minimum absolute atomic E-state index is 0.0448. The summed E-state index contributed by atoms with van der Waals surface area (Å²) in [7, 11) is 0. The summed E-state index contributed by atoms with van der Waals surface area (Å²) in [4.78, 5) is 30.5. The molecule has 0 saturated heterocycles. The fraction of sp³-hybridized carbons (Fsp3) is 0.467. The summed E-state index contributed by atoms with van der Waals surface area (Å²) < 4.78 is 1.28. The number of hydrogen-bond donors (Lipinski definition) is 0. The normalized spacial score (nSPS) is 15.0. The number of fused-ring (bicyclic) bond motifs is 1. The maximum Gasteiger partial charge on any atom is 0.291 e. The molecule has 8 nitrogen and oxygen atoms in total. The van der Waals surface area contributed by atoms with Gasteiger partial charge in [-0.05, 0) is 33.1 Å². The van der Waals surface area contributed by atoms with Gasteiger partial charge in [0.05, 0.1) is 0 Å². The summed E-state index contributed by atoms with van der Waals surface area (Å²) in [6.07, 6.45) is 6.16. The monoisotopic (exact) mass is 543 g/mol. The van der Waals surface area contributed by atoms with Crippen molar-refractivity contribution in [2.45, 2.75) is 79.1 Å². The van der Waals surface area contributed by atoms with E-state index in [-0.39, 0.29) is 11.5 Å². The quantitative estimate of drug-likeness (QED) is 0.237. The summed E-state index contributed by atoms with van der Waals surface area (Å²) in [5.41, 5.74) is 2.81. The number of nitrogens with zero attached hydrogens (tertiary/aromatic N) is 7. The summed E-state index contributed by atoms with van der Waals surface area (Å²) in [6, 6.07) is 12.1. The molecule has 4 rings (SSSR count). The van der Waals surface area contributed by atoms with Crippen molar-refractivity contribution >= 4 is 33.1 Å². The highest BCUT2D eigenvalue weighted by Crippen LogP contribution is 2.41. The third-order valence-electron chi connectivity index (χ3n) is 7.14. The molecule has 1 aliphatic heterocycles. The van der Waals surface area contributed by atoms with Crippen molar-refractivity contribution in [3.8, 4) is 17.3 Å². The lowest BCUT2D eigenvalue weighted by Crippen LogP contribution is -2.28. The Bertz CT molecular complexity index is 1410.